The second-order valence-electron chi connectivity index (χ2n) is 3.42. The number of hydrogen-bond acceptors (Lipinski definition) is 4. The van der Waals surface area contributed by atoms with E-state index in [1.807, 2.05) is 12.3 Å². The normalized spacial score (nSPS) is 10.8. The highest BCUT2D eigenvalue weighted by Gasteiger charge is 2.07. The molecule has 2 aromatic heterocycles. The average molecular weight is 237 g/mol. The van der Waals surface area contributed by atoms with Gasteiger partial charge in [-0.15, -0.1) is 11.3 Å². The van der Waals surface area contributed by atoms with Gasteiger partial charge in [-0.05, 0) is 11.4 Å². The summed E-state index contributed by atoms with van der Waals surface area (Å²) in [5.41, 5.74) is 2.30. The van der Waals surface area contributed by atoms with Gasteiger partial charge >= 0.3 is 0 Å². The molecule has 16 heavy (non-hydrogen) atoms. The van der Waals surface area contributed by atoms with Crippen LogP contribution in [0.3, 0.4) is 0 Å². The van der Waals surface area contributed by atoms with E-state index in [1.165, 1.54) is 10.4 Å². The zero-order valence-electron chi connectivity index (χ0n) is 9.19. The fraction of sp³-hybridized carbons (Fsp3) is 0.364. The van der Waals surface area contributed by atoms with Gasteiger partial charge in [-0.1, -0.05) is 6.07 Å². The summed E-state index contributed by atoms with van der Waals surface area (Å²) in [5, 5.41) is 12.5. The van der Waals surface area contributed by atoms with Gasteiger partial charge in [0.1, 0.15) is 0 Å². The lowest BCUT2D eigenvalue weighted by Gasteiger charge is -2.03. The Morgan fingerprint density at radius 3 is 3.25 bits per heavy atom. The molecular formula is C11H15N3OS. The highest BCUT2D eigenvalue weighted by Crippen LogP contribution is 2.25. The van der Waals surface area contributed by atoms with Crippen LogP contribution < -0.4 is 5.32 Å². The van der Waals surface area contributed by atoms with Crippen molar-refractivity contribution in [3.05, 3.63) is 29.3 Å². The third kappa shape index (κ3) is 2.69. The number of ether oxygens (including phenoxy) is 1. The van der Waals surface area contributed by atoms with Crippen molar-refractivity contribution in [2.24, 2.45) is 0 Å². The lowest BCUT2D eigenvalue weighted by atomic mass is 10.2. The molecule has 5 heteroatoms. The number of nitrogens with zero attached hydrogens (tertiary/aromatic N) is 1. The van der Waals surface area contributed by atoms with Gasteiger partial charge in [-0.2, -0.15) is 5.10 Å². The molecule has 0 atom stereocenters. The Morgan fingerprint density at radius 1 is 1.56 bits per heavy atom. The molecule has 0 spiro atoms. The fourth-order valence-electron chi connectivity index (χ4n) is 1.48. The average Bonchev–Trinajstić information content (AvgIpc) is 2.94. The molecule has 0 saturated heterocycles. The van der Waals surface area contributed by atoms with Crippen LogP contribution in [-0.2, 0) is 11.3 Å². The maximum absolute atomic E-state index is 4.98. The predicted octanol–water partition coefficient (Wildman–Crippen LogP) is 1.87. The highest BCUT2D eigenvalue weighted by molar-refractivity contribution is 7.13. The molecule has 0 radical (unpaired) electrons. The topological polar surface area (TPSA) is 49.9 Å². The van der Waals surface area contributed by atoms with Crippen molar-refractivity contribution in [3.8, 4) is 10.6 Å². The molecule has 2 rings (SSSR count). The maximum Gasteiger partial charge on any atom is 0.0794 e. The molecule has 0 aliphatic heterocycles. The Balaban J connectivity index is 1.97. The molecule has 2 heterocycles. The molecule has 2 N–H and O–H groups in total. The van der Waals surface area contributed by atoms with E-state index >= 15 is 0 Å². The van der Waals surface area contributed by atoms with Crippen LogP contribution in [-0.4, -0.2) is 30.5 Å². The van der Waals surface area contributed by atoms with Gasteiger partial charge in [0.2, 0.25) is 0 Å². The molecule has 0 aromatic carbocycles. The van der Waals surface area contributed by atoms with Crippen molar-refractivity contribution in [1.29, 1.82) is 0 Å². The van der Waals surface area contributed by atoms with Gasteiger partial charge < -0.3 is 10.1 Å². The zero-order valence-corrected chi connectivity index (χ0v) is 10.0. The van der Waals surface area contributed by atoms with Crippen molar-refractivity contribution in [3.63, 3.8) is 0 Å². The number of nitrogens with one attached hydrogen (secondary N) is 2. The lowest BCUT2D eigenvalue weighted by molar-refractivity contribution is 0.199. The Hall–Kier alpha value is -1.17. The Morgan fingerprint density at radius 2 is 2.50 bits per heavy atom. The van der Waals surface area contributed by atoms with Crippen LogP contribution in [0.2, 0.25) is 0 Å². The summed E-state index contributed by atoms with van der Waals surface area (Å²) in [5.74, 6) is 0. The first-order chi connectivity index (χ1) is 7.92. The van der Waals surface area contributed by atoms with Gasteiger partial charge in [0.05, 0.1) is 23.4 Å². The van der Waals surface area contributed by atoms with E-state index in [-0.39, 0.29) is 0 Å². The van der Waals surface area contributed by atoms with Crippen molar-refractivity contribution in [2.75, 3.05) is 20.3 Å². The third-order valence-electron chi connectivity index (χ3n) is 2.28. The first kappa shape index (κ1) is 11.3. The zero-order chi connectivity index (χ0) is 11.2. The summed E-state index contributed by atoms with van der Waals surface area (Å²) in [6.07, 6.45) is 1.87. The van der Waals surface area contributed by atoms with Crippen LogP contribution in [0.25, 0.3) is 10.6 Å². The van der Waals surface area contributed by atoms with E-state index in [0.29, 0.717) is 0 Å². The maximum atomic E-state index is 4.98. The first-order valence-electron chi connectivity index (χ1n) is 5.17. The van der Waals surface area contributed by atoms with E-state index < -0.39 is 0 Å². The van der Waals surface area contributed by atoms with Gasteiger partial charge in [0.25, 0.3) is 0 Å². The minimum atomic E-state index is 0.728. The van der Waals surface area contributed by atoms with Gasteiger partial charge in [0.15, 0.2) is 0 Å². The number of methoxy groups -OCH3 is 1. The SMILES string of the molecule is COCCNCc1cn[nH]c1-c1cccs1. The van der Waals surface area contributed by atoms with E-state index in [1.54, 1.807) is 18.4 Å². The van der Waals surface area contributed by atoms with Gasteiger partial charge in [-0.3, -0.25) is 5.10 Å². The van der Waals surface area contributed by atoms with Crippen LogP contribution in [0, 0.1) is 0 Å². The van der Waals surface area contributed by atoms with Gasteiger partial charge in [-0.25, -0.2) is 0 Å². The monoisotopic (exact) mass is 237 g/mol. The van der Waals surface area contributed by atoms with Crippen molar-refractivity contribution in [2.45, 2.75) is 6.54 Å². The third-order valence-corrected chi connectivity index (χ3v) is 3.17. The van der Waals surface area contributed by atoms with E-state index in [2.05, 4.69) is 27.0 Å². The Bertz CT molecular complexity index is 411. The van der Waals surface area contributed by atoms with Crippen LogP contribution in [0.1, 0.15) is 5.56 Å². The number of rotatable bonds is 6. The summed E-state index contributed by atoms with van der Waals surface area (Å²) in [4.78, 5) is 1.22. The molecule has 0 unspecified atom stereocenters. The largest absolute Gasteiger partial charge is 0.383 e. The second-order valence-corrected chi connectivity index (χ2v) is 4.36. The summed E-state index contributed by atoms with van der Waals surface area (Å²) in [7, 11) is 1.70. The van der Waals surface area contributed by atoms with Crippen LogP contribution in [0.5, 0.6) is 0 Å². The van der Waals surface area contributed by atoms with Crippen molar-refractivity contribution >= 4 is 11.3 Å². The van der Waals surface area contributed by atoms with E-state index in [4.69, 9.17) is 4.74 Å². The molecule has 0 bridgehead atoms. The highest BCUT2D eigenvalue weighted by atomic mass is 32.1. The molecule has 0 amide bonds. The predicted molar refractivity (Wildman–Crippen MR) is 65.5 cm³/mol. The summed E-state index contributed by atoms with van der Waals surface area (Å²) >= 11 is 1.71. The molecule has 4 nitrogen and oxygen atoms in total. The molecule has 2 aromatic rings. The fourth-order valence-corrected chi connectivity index (χ4v) is 2.23. The van der Waals surface area contributed by atoms with Crippen LogP contribution >= 0.6 is 11.3 Å². The van der Waals surface area contributed by atoms with Crippen LogP contribution in [0.15, 0.2) is 23.7 Å². The number of aromatic amines is 1. The molecule has 86 valence electrons. The second kappa shape index (κ2) is 5.79. The lowest BCUT2D eigenvalue weighted by Crippen LogP contribution is -2.18. The summed E-state index contributed by atoms with van der Waals surface area (Å²) < 4.78 is 4.98. The first-order valence-corrected chi connectivity index (χ1v) is 6.05. The van der Waals surface area contributed by atoms with E-state index in [0.717, 1.165) is 25.4 Å². The van der Waals surface area contributed by atoms with Gasteiger partial charge in [0, 0.05) is 25.8 Å². The standard InChI is InChI=1S/C11H15N3OS/c1-15-5-4-12-7-9-8-13-14-11(9)10-3-2-6-16-10/h2-3,6,8,12H,4-5,7H2,1H3,(H,13,14). The summed E-state index contributed by atoms with van der Waals surface area (Å²) in [6, 6.07) is 4.14. The summed E-state index contributed by atoms with van der Waals surface area (Å²) in [6.45, 7) is 2.39. The quantitative estimate of drug-likeness (QED) is 0.754. The van der Waals surface area contributed by atoms with Crippen molar-refractivity contribution in [1.82, 2.24) is 15.5 Å². The number of aromatic nitrogens is 2. The Kier molecular flexibility index (Phi) is 4.10. The van der Waals surface area contributed by atoms with E-state index in [9.17, 15) is 0 Å². The molecular weight excluding hydrogens is 222 g/mol. The number of thiophene rings is 1. The smallest absolute Gasteiger partial charge is 0.0794 e. The molecule has 0 saturated carbocycles. The minimum Gasteiger partial charge on any atom is -0.383 e. The Labute approximate surface area is 98.6 Å². The minimum absolute atomic E-state index is 0.728. The number of H-pyrrole nitrogens is 1. The molecule has 0 aliphatic carbocycles. The number of hydrogen-bond donors (Lipinski definition) is 2. The van der Waals surface area contributed by atoms with Crippen molar-refractivity contribution < 1.29 is 4.74 Å². The molecule has 0 fully saturated rings. The van der Waals surface area contributed by atoms with Crippen LogP contribution in [0.4, 0.5) is 0 Å². The molecule has 0 aliphatic rings.